The maximum atomic E-state index is 12.2. The number of carbonyl (C=O) groups excluding carboxylic acids is 1. The van der Waals surface area contributed by atoms with Crippen molar-refractivity contribution in [3.8, 4) is 0 Å². The van der Waals surface area contributed by atoms with E-state index in [1.165, 1.54) is 18.0 Å². The zero-order valence-corrected chi connectivity index (χ0v) is 14.5. The molecule has 1 heterocycles. The minimum atomic E-state index is -3.18. The van der Waals surface area contributed by atoms with Gasteiger partial charge in [0.25, 0.3) is 0 Å². The van der Waals surface area contributed by atoms with Gasteiger partial charge in [-0.15, -0.1) is 11.8 Å². The standard InChI is InChI=1S/C15H21NO4S2/c1-3-12-10-16(8-9-20-12)15(17)11-21-13-4-6-14(7-5-13)22(2,18)19/h4-7,12H,3,8-11H2,1-2H3. The van der Waals surface area contributed by atoms with Crippen LogP contribution in [0.25, 0.3) is 0 Å². The van der Waals surface area contributed by atoms with Gasteiger partial charge in [0, 0.05) is 24.2 Å². The molecule has 122 valence electrons. The molecule has 0 bridgehead atoms. The molecule has 1 fully saturated rings. The zero-order valence-electron chi connectivity index (χ0n) is 12.8. The fourth-order valence-corrected chi connectivity index (χ4v) is 3.64. The van der Waals surface area contributed by atoms with Crippen molar-refractivity contribution in [2.24, 2.45) is 0 Å². The molecule has 0 radical (unpaired) electrons. The number of ether oxygens (including phenoxy) is 1. The Balaban J connectivity index is 1.88. The van der Waals surface area contributed by atoms with Crippen LogP contribution in [0, 0.1) is 0 Å². The summed E-state index contributed by atoms with van der Waals surface area (Å²) in [6.07, 6.45) is 2.22. The predicted octanol–water partition coefficient (Wildman–Crippen LogP) is 1.82. The summed E-state index contributed by atoms with van der Waals surface area (Å²) in [7, 11) is -3.18. The highest BCUT2D eigenvalue weighted by Gasteiger charge is 2.22. The topological polar surface area (TPSA) is 63.7 Å². The molecule has 1 aliphatic rings. The van der Waals surface area contributed by atoms with Crippen LogP contribution in [0.3, 0.4) is 0 Å². The van der Waals surface area contributed by atoms with Crippen molar-refractivity contribution >= 4 is 27.5 Å². The lowest BCUT2D eigenvalue weighted by atomic mass is 10.2. The van der Waals surface area contributed by atoms with E-state index in [0.29, 0.717) is 30.3 Å². The number of carbonyl (C=O) groups is 1. The molecule has 0 N–H and O–H groups in total. The van der Waals surface area contributed by atoms with E-state index < -0.39 is 9.84 Å². The summed E-state index contributed by atoms with van der Waals surface area (Å²) >= 11 is 1.42. The highest BCUT2D eigenvalue weighted by atomic mass is 32.2. The molecule has 1 aromatic rings. The number of sulfone groups is 1. The fourth-order valence-electron chi connectivity index (χ4n) is 2.21. The van der Waals surface area contributed by atoms with Gasteiger partial charge in [0.2, 0.25) is 5.91 Å². The van der Waals surface area contributed by atoms with Crippen molar-refractivity contribution in [2.75, 3.05) is 31.7 Å². The van der Waals surface area contributed by atoms with Gasteiger partial charge in [-0.05, 0) is 30.7 Å². The van der Waals surface area contributed by atoms with Gasteiger partial charge in [-0.1, -0.05) is 6.92 Å². The van der Waals surface area contributed by atoms with Crippen molar-refractivity contribution in [1.29, 1.82) is 0 Å². The van der Waals surface area contributed by atoms with Gasteiger partial charge < -0.3 is 9.64 Å². The van der Waals surface area contributed by atoms with E-state index in [1.807, 2.05) is 4.90 Å². The largest absolute Gasteiger partial charge is 0.375 e. The molecule has 1 amide bonds. The van der Waals surface area contributed by atoms with Crippen LogP contribution in [0.2, 0.25) is 0 Å². The van der Waals surface area contributed by atoms with Crippen molar-refractivity contribution in [2.45, 2.75) is 29.2 Å². The summed E-state index contributed by atoms with van der Waals surface area (Å²) < 4.78 is 28.4. The molecule has 1 atom stereocenters. The summed E-state index contributed by atoms with van der Waals surface area (Å²) in [5.41, 5.74) is 0. The average Bonchev–Trinajstić information content (AvgIpc) is 2.52. The zero-order chi connectivity index (χ0) is 16.2. The van der Waals surface area contributed by atoms with Crippen molar-refractivity contribution in [3.63, 3.8) is 0 Å². The first-order valence-electron chi connectivity index (χ1n) is 7.22. The highest BCUT2D eigenvalue weighted by molar-refractivity contribution is 8.00. The molecule has 0 aromatic heterocycles. The quantitative estimate of drug-likeness (QED) is 0.763. The van der Waals surface area contributed by atoms with E-state index in [2.05, 4.69) is 6.92 Å². The number of thioether (sulfide) groups is 1. The number of morpholine rings is 1. The van der Waals surface area contributed by atoms with Crippen LogP contribution in [-0.2, 0) is 19.4 Å². The molecule has 0 aliphatic carbocycles. The van der Waals surface area contributed by atoms with Crippen LogP contribution in [-0.4, -0.2) is 57.0 Å². The molecule has 5 nitrogen and oxygen atoms in total. The second-order valence-electron chi connectivity index (χ2n) is 5.27. The van der Waals surface area contributed by atoms with Gasteiger partial charge in [0.15, 0.2) is 9.84 Å². The number of amides is 1. The Morgan fingerprint density at radius 1 is 1.36 bits per heavy atom. The number of hydrogen-bond donors (Lipinski definition) is 0. The molecular formula is C15H21NO4S2. The summed E-state index contributed by atoms with van der Waals surface area (Å²) in [4.78, 5) is 15.2. The molecule has 1 aliphatic heterocycles. The second kappa shape index (κ2) is 7.48. The summed E-state index contributed by atoms with van der Waals surface area (Å²) in [6, 6.07) is 6.62. The van der Waals surface area contributed by atoms with Crippen LogP contribution < -0.4 is 0 Å². The minimum absolute atomic E-state index is 0.0962. The van der Waals surface area contributed by atoms with Crippen LogP contribution >= 0.6 is 11.8 Å². The van der Waals surface area contributed by atoms with Gasteiger partial charge in [0.05, 0.1) is 23.4 Å². The number of benzene rings is 1. The number of nitrogens with zero attached hydrogens (tertiary/aromatic N) is 1. The molecule has 22 heavy (non-hydrogen) atoms. The maximum absolute atomic E-state index is 12.2. The molecule has 1 saturated heterocycles. The normalized spacial score (nSPS) is 19.2. The Bertz CT molecular complexity index is 613. The van der Waals surface area contributed by atoms with E-state index in [0.717, 1.165) is 11.3 Å². The molecule has 1 unspecified atom stereocenters. The molecule has 1 aromatic carbocycles. The van der Waals surface area contributed by atoms with Crippen molar-refractivity contribution in [1.82, 2.24) is 4.90 Å². The van der Waals surface area contributed by atoms with Gasteiger partial charge in [-0.25, -0.2) is 8.42 Å². The van der Waals surface area contributed by atoms with Crippen LogP contribution in [0.4, 0.5) is 0 Å². The molecule has 7 heteroatoms. The summed E-state index contributed by atoms with van der Waals surface area (Å²) in [5, 5.41) is 0. The Kier molecular flexibility index (Phi) is 5.88. The fraction of sp³-hybridized carbons (Fsp3) is 0.533. The van der Waals surface area contributed by atoms with Gasteiger partial charge in [-0.3, -0.25) is 4.79 Å². The summed E-state index contributed by atoms with van der Waals surface area (Å²) in [5.74, 6) is 0.452. The van der Waals surface area contributed by atoms with E-state index in [1.54, 1.807) is 24.3 Å². The van der Waals surface area contributed by atoms with Crippen molar-refractivity contribution < 1.29 is 17.9 Å². The van der Waals surface area contributed by atoms with E-state index in [9.17, 15) is 13.2 Å². The number of rotatable bonds is 5. The molecule has 2 rings (SSSR count). The third-order valence-corrected chi connectivity index (χ3v) is 5.69. The molecular weight excluding hydrogens is 322 g/mol. The van der Waals surface area contributed by atoms with Crippen LogP contribution in [0.15, 0.2) is 34.1 Å². The van der Waals surface area contributed by atoms with Crippen LogP contribution in [0.1, 0.15) is 13.3 Å². The van der Waals surface area contributed by atoms with Gasteiger partial charge >= 0.3 is 0 Å². The Morgan fingerprint density at radius 2 is 2.05 bits per heavy atom. The van der Waals surface area contributed by atoms with Crippen LogP contribution in [0.5, 0.6) is 0 Å². The maximum Gasteiger partial charge on any atom is 0.233 e. The average molecular weight is 343 g/mol. The third-order valence-electron chi connectivity index (χ3n) is 3.56. The lowest BCUT2D eigenvalue weighted by Crippen LogP contribution is -2.46. The van der Waals surface area contributed by atoms with Gasteiger partial charge in [0.1, 0.15) is 0 Å². The monoisotopic (exact) mass is 343 g/mol. The van der Waals surface area contributed by atoms with Gasteiger partial charge in [-0.2, -0.15) is 0 Å². The smallest absolute Gasteiger partial charge is 0.233 e. The second-order valence-corrected chi connectivity index (χ2v) is 8.34. The molecule has 0 saturated carbocycles. The Hall–Kier alpha value is -1.05. The number of hydrogen-bond acceptors (Lipinski definition) is 5. The third kappa shape index (κ3) is 4.72. The SMILES string of the molecule is CCC1CN(C(=O)CSc2ccc(S(C)(=O)=O)cc2)CCO1. The Morgan fingerprint density at radius 3 is 2.64 bits per heavy atom. The Labute approximate surface area is 135 Å². The predicted molar refractivity (Wildman–Crippen MR) is 86.9 cm³/mol. The lowest BCUT2D eigenvalue weighted by molar-refractivity contribution is -0.135. The van der Waals surface area contributed by atoms with E-state index in [4.69, 9.17) is 4.74 Å². The highest BCUT2D eigenvalue weighted by Crippen LogP contribution is 2.21. The minimum Gasteiger partial charge on any atom is -0.375 e. The summed E-state index contributed by atoms with van der Waals surface area (Å²) in [6.45, 7) is 3.94. The van der Waals surface area contributed by atoms with E-state index >= 15 is 0 Å². The lowest BCUT2D eigenvalue weighted by Gasteiger charge is -2.32. The molecule has 0 spiro atoms. The van der Waals surface area contributed by atoms with E-state index in [-0.39, 0.29) is 12.0 Å². The van der Waals surface area contributed by atoms with Crippen molar-refractivity contribution in [3.05, 3.63) is 24.3 Å². The first kappa shape index (κ1) is 17.3. The first-order chi connectivity index (χ1) is 10.4. The first-order valence-corrected chi connectivity index (χ1v) is 10.1.